The summed E-state index contributed by atoms with van der Waals surface area (Å²) in [7, 11) is 1.92. The van der Waals surface area contributed by atoms with Crippen molar-refractivity contribution in [2.45, 2.75) is 19.4 Å². The summed E-state index contributed by atoms with van der Waals surface area (Å²) < 4.78 is 2.86. The van der Waals surface area contributed by atoms with E-state index in [1.807, 2.05) is 42.3 Å². The van der Waals surface area contributed by atoms with Gasteiger partial charge in [-0.05, 0) is 36.7 Å². The Morgan fingerprint density at radius 1 is 1.47 bits per heavy atom. The Hall–Kier alpha value is -0.840. The molecule has 0 fully saturated rings. The first-order valence-electron chi connectivity index (χ1n) is 6.28. The van der Waals surface area contributed by atoms with Crippen LogP contribution in [0.1, 0.15) is 30.5 Å². The first kappa shape index (κ1) is 14.6. The predicted octanol–water partition coefficient (Wildman–Crippen LogP) is 3.93. The Morgan fingerprint density at radius 3 is 2.89 bits per heavy atom. The second-order valence-electron chi connectivity index (χ2n) is 4.50. The second kappa shape index (κ2) is 6.55. The standard InChI is InChI=1S/C14H17BrClN3/c1-3-6-17-14(10-8-18-19(2)9-10)12-7-11(16)4-5-13(12)15/h4-5,7-9,14,17H,3,6H2,1-2H3. The molecule has 0 bridgehead atoms. The van der Waals surface area contributed by atoms with Crippen molar-refractivity contribution in [3.63, 3.8) is 0 Å². The van der Waals surface area contributed by atoms with E-state index in [4.69, 9.17) is 11.6 Å². The number of aromatic nitrogens is 2. The van der Waals surface area contributed by atoms with Gasteiger partial charge in [0.1, 0.15) is 0 Å². The first-order valence-corrected chi connectivity index (χ1v) is 7.45. The fourth-order valence-electron chi connectivity index (χ4n) is 2.02. The van der Waals surface area contributed by atoms with Gasteiger partial charge in [0, 0.05) is 28.3 Å². The van der Waals surface area contributed by atoms with Crippen LogP contribution in [0.5, 0.6) is 0 Å². The number of nitrogens with zero attached hydrogens (tertiary/aromatic N) is 2. The van der Waals surface area contributed by atoms with Gasteiger partial charge in [-0.25, -0.2) is 0 Å². The van der Waals surface area contributed by atoms with Gasteiger partial charge in [0.2, 0.25) is 0 Å². The van der Waals surface area contributed by atoms with Crippen LogP contribution in [0.25, 0.3) is 0 Å². The highest BCUT2D eigenvalue weighted by Crippen LogP contribution is 2.30. The van der Waals surface area contributed by atoms with E-state index >= 15 is 0 Å². The molecule has 102 valence electrons. The molecule has 0 spiro atoms. The molecule has 0 radical (unpaired) electrons. The van der Waals surface area contributed by atoms with E-state index in [0.717, 1.165) is 33.6 Å². The van der Waals surface area contributed by atoms with Gasteiger partial charge in [-0.1, -0.05) is 34.5 Å². The van der Waals surface area contributed by atoms with E-state index in [2.05, 4.69) is 33.3 Å². The highest BCUT2D eigenvalue weighted by atomic mass is 79.9. The van der Waals surface area contributed by atoms with Crippen molar-refractivity contribution >= 4 is 27.5 Å². The van der Waals surface area contributed by atoms with Crippen LogP contribution in [0, 0.1) is 0 Å². The van der Waals surface area contributed by atoms with Crippen LogP contribution in [0.2, 0.25) is 5.02 Å². The number of benzene rings is 1. The molecule has 2 aromatic rings. The molecule has 0 aliphatic carbocycles. The molecule has 1 N–H and O–H groups in total. The SMILES string of the molecule is CCCNC(c1cnn(C)c1)c1cc(Cl)ccc1Br. The molecule has 1 heterocycles. The molecule has 0 aliphatic rings. The molecule has 1 aromatic heterocycles. The number of rotatable bonds is 5. The van der Waals surface area contributed by atoms with Crippen LogP contribution in [-0.2, 0) is 7.05 Å². The molecule has 1 atom stereocenters. The van der Waals surface area contributed by atoms with Crippen molar-refractivity contribution < 1.29 is 0 Å². The second-order valence-corrected chi connectivity index (χ2v) is 5.79. The number of halogens is 2. The number of nitrogens with one attached hydrogen (secondary N) is 1. The molecule has 19 heavy (non-hydrogen) atoms. The van der Waals surface area contributed by atoms with Gasteiger partial charge in [-0.3, -0.25) is 4.68 Å². The van der Waals surface area contributed by atoms with E-state index in [0.29, 0.717) is 0 Å². The van der Waals surface area contributed by atoms with Crippen molar-refractivity contribution in [2.75, 3.05) is 6.54 Å². The van der Waals surface area contributed by atoms with Crippen LogP contribution in [0.15, 0.2) is 35.1 Å². The average Bonchev–Trinajstić information content (AvgIpc) is 2.80. The maximum Gasteiger partial charge on any atom is 0.0619 e. The summed E-state index contributed by atoms with van der Waals surface area (Å²) >= 11 is 9.72. The van der Waals surface area contributed by atoms with E-state index in [-0.39, 0.29) is 6.04 Å². The van der Waals surface area contributed by atoms with E-state index in [1.165, 1.54) is 0 Å². The molecule has 1 unspecified atom stereocenters. The minimum atomic E-state index is 0.0988. The maximum atomic E-state index is 6.12. The van der Waals surface area contributed by atoms with Gasteiger partial charge in [-0.2, -0.15) is 5.10 Å². The Labute approximate surface area is 127 Å². The van der Waals surface area contributed by atoms with Gasteiger partial charge in [0.15, 0.2) is 0 Å². The fourth-order valence-corrected chi connectivity index (χ4v) is 2.68. The lowest BCUT2D eigenvalue weighted by Gasteiger charge is -2.19. The molecule has 0 aliphatic heterocycles. The van der Waals surface area contributed by atoms with Crippen LogP contribution < -0.4 is 5.32 Å². The molecule has 1 aromatic carbocycles. The number of aryl methyl sites for hydroxylation is 1. The zero-order valence-corrected chi connectivity index (χ0v) is 13.4. The Kier molecular flexibility index (Phi) is 5.02. The maximum absolute atomic E-state index is 6.12. The van der Waals surface area contributed by atoms with Crippen molar-refractivity contribution in [3.8, 4) is 0 Å². The zero-order chi connectivity index (χ0) is 13.8. The highest BCUT2D eigenvalue weighted by molar-refractivity contribution is 9.10. The van der Waals surface area contributed by atoms with Gasteiger partial charge in [0.05, 0.1) is 12.2 Å². The highest BCUT2D eigenvalue weighted by Gasteiger charge is 2.18. The van der Waals surface area contributed by atoms with Gasteiger partial charge in [-0.15, -0.1) is 0 Å². The Bertz CT molecular complexity index is 553. The minimum absolute atomic E-state index is 0.0988. The van der Waals surface area contributed by atoms with Crippen molar-refractivity contribution in [1.82, 2.24) is 15.1 Å². The molecule has 2 rings (SSSR count). The van der Waals surface area contributed by atoms with Crippen LogP contribution in [0.4, 0.5) is 0 Å². The summed E-state index contributed by atoms with van der Waals surface area (Å²) in [6.07, 6.45) is 5.00. The topological polar surface area (TPSA) is 29.9 Å². The van der Waals surface area contributed by atoms with Crippen molar-refractivity contribution in [3.05, 3.63) is 51.2 Å². The van der Waals surface area contributed by atoms with E-state index in [1.54, 1.807) is 0 Å². The largest absolute Gasteiger partial charge is 0.306 e. The summed E-state index contributed by atoms with van der Waals surface area (Å²) in [4.78, 5) is 0. The third-order valence-electron chi connectivity index (χ3n) is 2.93. The molecule has 0 amide bonds. The van der Waals surface area contributed by atoms with Crippen LogP contribution in [-0.4, -0.2) is 16.3 Å². The van der Waals surface area contributed by atoms with E-state index in [9.17, 15) is 0 Å². The summed E-state index contributed by atoms with van der Waals surface area (Å²) in [5.74, 6) is 0. The summed E-state index contributed by atoms with van der Waals surface area (Å²) in [6.45, 7) is 3.10. The molecular weight excluding hydrogens is 326 g/mol. The number of hydrogen-bond donors (Lipinski definition) is 1. The monoisotopic (exact) mass is 341 g/mol. The molecule has 0 saturated heterocycles. The normalized spacial score (nSPS) is 12.6. The summed E-state index contributed by atoms with van der Waals surface area (Å²) in [6, 6.07) is 5.96. The van der Waals surface area contributed by atoms with Crippen molar-refractivity contribution in [2.24, 2.45) is 7.05 Å². The average molecular weight is 343 g/mol. The molecular formula is C14H17BrClN3. The summed E-state index contributed by atoms with van der Waals surface area (Å²) in [5, 5.41) is 8.53. The van der Waals surface area contributed by atoms with Crippen molar-refractivity contribution in [1.29, 1.82) is 0 Å². The van der Waals surface area contributed by atoms with Gasteiger partial charge < -0.3 is 5.32 Å². The summed E-state index contributed by atoms with van der Waals surface area (Å²) in [5.41, 5.74) is 2.27. The lowest BCUT2D eigenvalue weighted by atomic mass is 10.0. The number of hydrogen-bond acceptors (Lipinski definition) is 2. The Balaban J connectivity index is 2.39. The molecule has 0 saturated carbocycles. The zero-order valence-electron chi connectivity index (χ0n) is 11.0. The van der Waals surface area contributed by atoms with Crippen LogP contribution in [0.3, 0.4) is 0 Å². The minimum Gasteiger partial charge on any atom is -0.306 e. The molecule has 5 heteroatoms. The quantitative estimate of drug-likeness (QED) is 0.892. The first-order chi connectivity index (χ1) is 9.11. The van der Waals surface area contributed by atoms with Gasteiger partial charge >= 0.3 is 0 Å². The third-order valence-corrected chi connectivity index (χ3v) is 3.88. The van der Waals surface area contributed by atoms with Crippen LogP contribution >= 0.6 is 27.5 Å². The Morgan fingerprint density at radius 2 is 2.26 bits per heavy atom. The fraction of sp³-hybridized carbons (Fsp3) is 0.357. The molecule has 3 nitrogen and oxygen atoms in total. The lowest BCUT2D eigenvalue weighted by molar-refractivity contribution is 0.596. The smallest absolute Gasteiger partial charge is 0.0619 e. The van der Waals surface area contributed by atoms with Gasteiger partial charge in [0.25, 0.3) is 0 Å². The van der Waals surface area contributed by atoms with E-state index < -0.39 is 0 Å². The lowest BCUT2D eigenvalue weighted by Crippen LogP contribution is -2.23. The third kappa shape index (κ3) is 3.59. The predicted molar refractivity (Wildman–Crippen MR) is 82.5 cm³/mol.